The number of rotatable bonds is 3. The third-order valence-corrected chi connectivity index (χ3v) is 1.62. The van der Waals surface area contributed by atoms with Crippen LogP contribution in [0.25, 0.3) is 0 Å². The molecule has 0 bridgehead atoms. The first-order chi connectivity index (χ1) is 6.24. The van der Waals surface area contributed by atoms with Gasteiger partial charge in [0.1, 0.15) is 6.54 Å². The summed E-state index contributed by atoms with van der Waals surface area (Å²) in [5, 5.41) is 22.7. The van der Waals surface area contributed by atoms with Crippen molar-refractivity contribution in [2.75, 3.05) is 7.05 Å². The zero-order chi connectivity index (χ0) is 9.68. The quantitative estimate of drug-likeness (QED) is 0.342. The number of benzene rings is 1. The second-order valence-electron chi connectivity index (χ2n) is 2.64. The van der Waals surface area contributed by atoms with Gasteiger partial charge in [-0.1, -0.05) is 30.3 Å². The Bertz CT molecular complexity index is 292. The molecule has 0 aliphatic rings. The van der Waals surface area contributed by atoms with Crippen LogP contribution in [0.1, 0.15) is 5.56 Å². The molecular weight excluding hydrogens is 193 g/mol. The average molecular weight is 205 g/mol. The van der Waals surface area contributed by atoms with E-state index in [0.29, 0.717) is 6.54 Å². The van der Waals surface area contributed by atoms with Gasteiger partial charge in [0, 0.05) is 0 Å². The zero-order valence-corrected chi connectivity index (χ0v) is 7.29. The van der Waals surface area contributed by atoms with Crippen LogP contribution in [0.15, 0.2) is 35.6 Å². The van der Waals surface area contributed by atoms with Crippen molar-refractivity contribution >= 4 is 29.6 Å². The van der Waals surface area contributed by atoms with Gasteiger partial charge in [0.25, 0.3) is 0 Å². The summed E-state index contributed by atoms with van der Waals surface area (Å²) in [6.07, 6.45) is 0. The molecule has 14 heavy (non-hydrogen) atoms. The normalized spacial score (nSPS) is 10.5. The molecule has 0 atom stereocenters. The fourth-order valence-corrected chi connectivity index (χ4v) is 0.976. The molecule has 0 spiro atoms. The van der Waals surface area contributed by atoms with E-state index >= 15 is 0 Å². The summed E-state index contributed by atoms with van der Waals surface area (Å²) in [6, 6.07) is 9.45. The van der Waals surface area contributed by atoms with Crippen molar-refractivity contribution in [2.24, 2.45) is 5.28 Å². The molecule has 1 rings (SSSR count). The molecule has 0 aliphatic heterocycles. The fraction of sp³-hybridized carbons (Fsp3) is 0.250. The van der Waals surface area contributed by atoms with E-state index in [9.17, 15) is 5.21 Å². The van der Waals surface area contributed by atoms with Gasteiger partial charge in [-0.2, -0.15) is 0 Å². The molecule has 0 aliphatic carbocycles. The van der Waals surface area contributed by atoms with Crippen molar-refractivity contribution in [3.8, 4) is 0 Å². The van der Waals surface area contributed by atoms with Gasteiger partial charge in [-0.3, -0.25) is 0 Å². The van der Waals surface area contributed by atoms with Crippen LogP contribution in [0, 0.1) is 5.21 Å². The molecule has 1 N–H and O–H groups in total. The molecule has 0 unspecified atom stereocenters. The zero-order valence-electron chi connectivity index (χ0n) is 7.29. The van der Waals surface area contributed by atoms with E-state index in [1.165, 1.54) is 5.01 Å². The third-order valence-electron chi connectivity index (χ3n) is 1.62. The summed E-state index contributed by atoms with van der Waals surface area (Å²) in [7, 11) is 1.54. The summed E-state index contributed by atoms with van der Waals surface area (Å²) in [5.41, 5.74) is 0.981. The fourth-order valence-electron chi connectivity index (χ4n) is 0.976. The molecule has 0 amide bonds. The Morgan fingerprint density at radius 1 is 1.43 bits per heavy atom. The van der Waals surface area contributed by atoms with E-state index in [-0.39, 0.29) is 34.5 Å². The van der Waals surface area contributed by atoms with E-state index in [0.717, 1.165) is 5.56 Å². The second kappa shape index (κ2) is 6.64. The van der Waals surface area contributed by atoms with Crippen LogP contribution >= 0.6 is 0 Å². The number of hydrazine groups is 1. The molecule has 5 nitrogen and oxygen atoms in total. The van der Waals surface area contributed by atoms with E-state index in [2.05, 4.69) is 5.28 Å². The van der Waals surface area contributed by atoms with Gasteiger partial charge in [0.2, 0.25) is 5.28 Å². The minimum absolute atomic E-state index is 0. The van der Waals surface area contributed by atoms with Crippen LogP contribution in [0.5, 0.6) is 0 Å². The Kier molecular flexibility index (Phi) is 6.27. The predicted octanol–water partition coefficient (Wildman–Crippen LogP) is 0.737. The maximum absolute atomic E-state index is 10.7. The van der Waals surface area contributed by atoms with Gasteiger partial charge >= 0.3 is 29.6 Å². The first kappa shape index (κ1) is 13.2. The number of hydrogen-bond donors (Lipinski definition) is 1. The number of nitrogens with zero attached hydrogens (tertiary/aromatic N) is 3. The molecule has 1 aromatic carbocycles. The van der Waals surface area contributed by atoms with Gasteiger partial charge in [-0.05, 0) is 5.56 Å². The third kappa shape index (κ3) is 3.95. The van der Waals surface area contributed by atoms with Crippen molar-refractivity contribution in [3.63, 3.8) is 0 Å². The van der Waals surface area contributed by atoms with E-state index < -0.39 is 0 Å². The van der Waals surface area contributed by atoms with Crippen LogP contribution in [0.3, 0.4) is 0 Å². The van der Waals surface area contributed by atoms with Crippen molar-refractivity contribution in [2.45, 2.75) is 6.54 Å². The summed E-state index contributed by atoms with van der Waals surface area (Å²) in [5.74, 6) is 0. The Labute approximate surface area is 104 Å². The van der Waals surface area contributed by atoms with Crippen LogP contribution < -0.4 is 0 Å². The molecule has 0 radical (unpaired) electrons. The maximum atomic E-state index is 10.7. The molecule has 0 saturated carbocycles. The number of hydrogen-bond acceptors (Lipinski definition) is 2. The second-order valence-corrected chi connectivity index (χ2v) is 2.64. The van der Waals surface area contributed by atoms with Gasteiger partial charge < -0.3 is 10.4 Å². The Morgan fingerprint density at radius 3 is 2.50 bits per heavy atom. The van der Waals surface area contributed by atoms with Crippen LogP contribution in [-0.2, 0) is 6.54 Å². The molecule has 1 aromatic rings. The Morgan fingerprint density at radius 2 is 2.00 bits per heavy atom. The summed E-state index contributed by atoms with van der Waals surface area (Å²) in [4.78, 5) is 0.132. The van der Waals surface area contributed by atoms with Gasteiger partial charge in [-0.25, -0.2) is 0 Å². The standard InChI is InChI=1S/C8H11N3O2.Na.H/c1-10(11(13)9-12)7-8-5-3-2-4-6-8;;/h2-6,12H,7H2,1H3;;. The molecule has 0 saturated heterocycles. The topological polar surface area (TPSA) is 61.9 Å². The van der Waals surface area contributed by atoms with Crippen molar-refractivity contribution in [1.82, 2.24) is 5.01 Å². The molecule has 6 heteroatoms. The minimum atomic E-state index is 0. The van der Waals surface area contributed by atoms with E-state index in [1.54, 1.807) is 7.05 Å². The Hall–Kier alpha value is -0.780. The molecular formula is C8H12N3NaO2. The molecule has 0 aromatic heterocycles. The van der Waals surface area contributed by atoms with Crippen LogP contribution in [0.2, 0.25) is 0 Å². The Balaban J connectivity index is 0.00000169. The molecule has 72 valence electrons. The predicted molar refractivity (Wildman–Crippen MR) is 52.9 cm³/mol. The van der Waals surface area contributed by atoms with Crippen LogP contribution in [-0.4, -0.2) is 51.8 Å². The van der Waals surface area contributed by atoms with Crippen LogP contribution in [0.4, 0.5) is 0 Å². The summed E-state index contributed by atoms with van der Waals surface area (Å²) < 4.78 is 0. The average Bonchev–Trinajstić information content (AvgIpc) is 2.18. The van der Waals surface area contributed by atoms with E-state index in [4.69, 9.17) is 5.21 Å². The van der Waals surface area contributed by atoms with Gasteiger partial charge in [-0.15, -0.1) is 5.01 Å². The molecule has 0 heterocycles. The SMILES string of the molecule is CN(Cc1ccccc1)[N+]([O-])=NO.[NaH]. The van der Waals surface area contributed by atoms with E-state index in [1.807, 2.05) is 30.3 Å². The summed E-state index contributed by atoms with van der Waals surface area (Å²) in [6.45, 7) is 0.411. The first-order valence-electron chi connectivity index (χ1n) is 3.81. The van der Waals surface area contributed by atoms with Gasteiger partial charge in [0.15, 0.2) is 0 Å². The summed E-state index contributed by atoms with van der Waals surface area (Å²) >= 11 is 0. The van der Waals surface area contributed by atoms with Crippen molar-refractivity contribution in [1.29, 1.82) is 0 Å². The monoisotopic (exact) mass is 205 g/mol. The van der Waals surface area contributed by atoms with Gasteiger partial charge in [0.05, 0.1) is 12.0 Å². The molecule has 0 fully saturated rings. The van der Waals surface area contributed by atoms with Crippen molar-refractivity contribution < 1.29 is 10.2 Å². The first-order valence-corrected chi connectivity index (χ1v) is 3.81. The van der Waals surface area contributed by atoms with Crippen molar-refractivity contribution in [3.05, 3.63) is 41.1 Å².